The Labute approximate surface area is 173 Å². The molecule has 2 N–H and O–H groups in total. The topological polar surface area (TPSA) is 115 Å². The molecule has 0 aliphatic rings. The highest BCUT2D eigenvalue weighted by Gasteiger charge is 2.13. The van der Waals surface area contributed by atoms with E-state index < -0.39 is 15.9 Å². The monoisotopic (exact) mass is 428 g/mol. The Morgan fingerprint density at radius 1 is 1.13 bits per heavy atom. The molecular formula is C21H20N2O6S. The van der Waals surface area contributed by atoms with Crippen LogP contribution in [0.5, 0.6) is 0 Å². The Kier molecular flexibility index (Phi) is 6.78. The van der Waals surface area contributed by atoms with Gasteiger partial charge in [0.25, 0.3) is 0 Å². The summed E-state index contributed by atoms with van der Waals surface area (Å²) in [5.74, 6) is -0.476. The van der Waals surface area contributed by atoms with Crippen LogP contribution in [0, 0.1) is 0 Å². The summed E-state index contributed by atoms with van der Waals surface area (Å²) in [5.41, 5.74) is 0.880. The highest BCUT2D eigenvalue weighted by Crippen LogP contribution is 2.14. The lowest BCUT2D eigenvalue weighted by molar-refractivity contribution is -0.111. The van der Waals surface area contributed by atoms with Crippen molar-refractivity contribution in [2.24, 2.45) is 0 Å². The summed E-state index contributed by atoms with van der Waals surface area (Å²) in [6.45, 7) is 0.417. The van der Waals surface area contributed by atoms with E-state index in [0.717, 1.165) is 0 Å². The van der Waals surface area contributed by atoms with Gasteiger partial charge in [-0.2, -0.15) is 0 Å². The van der Waals surface area contributed by atoms with E-state index in [9.17, 15) is 18.0 Å². The molecule has 30 heavy (non-hydrogen) atoms. The predicted molar refractivity (Wildman–Crippen MR) is 114 cm³/mol. The second-order valence-corrected chi connectivity index (χ2v) is 8.02. The number of sulfonamides is 1. The molecule has 0 saturated carbocycles. The number of benzene rings is 2. The van der Waals surface area contributed by atoms with E-state index in [4.69, 9.17) is 9.15 Å². The molecule has 8 nitrogen and oxygen atoms in total. The van der Waals surface area contributed by atoms with Crippen LogP contribution in [0.25, 0.3) is 17.0 Å². The number of anilines is 1. The third kappa shape index (κ3) is 5.20. The lowest BCUT2D eigenvalue weighted by Crippen LogP contribution is -2.27. The molecule has 3 aromatic rings. The van der Waals surface area contributed by atoms with Crippen LogP contribution in [0.3, 0.4) is 0 Å². The molecule has 1 amide bonds. The molecule has 0 spiro atoms. The third-order valence-electron chi connectivity index (χ3n) is 4.15. The average molecular weight is 428 g/mol. The van der Waals surface area contributed by atoms with Crippen LogP contribution in [0.4, 0.5) is 5.69 Å². The van der Waals surface area contributed by atoms with Gasteiger partial charge < -0.3 is 14.5 Å². The maximum atomic E-state index is 12.4. The first-order chi connectivity index (χ1) is 14.4. The number of hydrogen-bond donors (Lipinski definition) is 2. The van der Waals surface area contributed by atoms with E-state index in [-0.39, 0.29) is 29.0 Å². The molecule has 2 aromatic carbocycles. The van der Waals surface area contributed by atoms with Crippen molar-refractivity contribution < 1.29 is 22.4 Å². The zero-order valence-corrected chi connectivity index (χ0v) is 16.9. The molecule has 0 atom stereocenters. The van der Waals surface area contributed by atoms with Gasteiger partial charge in [-0.3, -0.25) is 9.59 Å². The molecule has 0 unspecified atom stereocenters. The molecule has 0 aliphatic heterocycles. The summed E-state index contributed by atoms with van der Waals surface area (Å²) in [7, 11) is -2.17. The Morgan fingerprint density at radius 2 is 1.87 bits per heavy atom. The van der Waals surface area contributed by atoms with Gasteiger partial charge in [-0.05, 0) is 42.5 Å². The molecule has 0 radical (unpaired) electrons. The van der Waals surface area contributed by atoms with E-state index >= 15 is 0 Å². The van der Waals surface area contributed by atoms with Crippen molar-refractivity contribution in [3.8, 4) is 0 Å². The minimum atomic E-state index is -3.65. The quantitative estimate of drug-likeness (QED) is 0.421. The van der Waals surface area contributed by atoms with Crippen LogP contribution in [-0.4, -0.2) is 34.6 Å². The van der Waals surface area contributed by atoms with Crippen LogP contribution >= 0.6 is 0 Å². The number of carbonyl (C=O) groups is 1. The maximum absolute atomic E-state index is 12.4. The normalized spacial score (nSPS) is 11.8. The number of nitrogens with one attached hydrogen (secondary N) is 2. The second-order valence-electron chi connectivity index (χ2n) is 6.25. The zero-order valence-electron chi connectivity index (χ0n) is 16.1. The first-order valence-corrected chi connectivity index (χ1v) is 10.5. The first-order valence-electron chi connectivity index (χ1n) is 8.99. The Balaban J connectivity index is 1.66. The number of fused-ring (bicyclic) bond motifs is 1. The SMILES string of the molecule is COCCNS(=O)(=O)c1ccc(NC(=O)/C=C/c2coc3ccccc3c2=O)cc1. The van der Waals surface area contributed by atoms with E-state index in [1.54, 1.807) is 24.3 Å². The predicted octanol–water partition coefficient (Wildman–Crippen LogP) is 2.37. The van der Waals surface area contributed by atoms with Crippen molar-refractivity contribution in [1.29, 1.82) is 0 Å². The van der Waals surface area contributed by atoms with E-state index in [1.165, 1.54) is 49.8 Å². The molecule has 0 aliphatic carbocycles. The van der Waals surface area contributed by atoms with Gasteiger partial charge in [0.2, 0.25) is 15.9 Å². The first kappa shape index (κ1) is 21.4. The highest BCUT2D eigenvalue weighted by atomic mass is 32.2. The Bertz CT molecular complexity index is 1230. The van der Waals surface area contributed by atoms with Crippen molar-refractivity contribution in [1.82, 2.24) is 4.72 Å². The number of amides is 1. The van der Waals surface area contributed by atoms with Crippen molar-refractivity contribution in [2.75, 3.05) is 25.6 Å². The van der Waals surface area contributed by atoms with E-state index in [2.05, 4.69) is 10.0 Å². The number of carbonyl (C=O) groups excluding carboxylic acids is 1. The lowest BCUT2D eigenvalue weighted by atomic mass is 10.1. The molecule has 3 rings (SSSR count). The molecule has 1 heterocycles. The molecule has 156 valence electrons. The maximum Gasteiger partial charge on any atom is 0.248 e. The molecule has 0 fully saturated rings. The van der Waals surface area contributed by atoms with E-state index in [0.29, 0.717) is 16.7 Å². The Hall–Kier alpha value is -3.27. The lowest BCUT2D eigenvalue weighted by Gasteiger charge is -2.07. The second kappa shape index (κ2) is 9.49. The summed E-state index contributed by atoms with van der Waals surface area (Å²) < 4.78 is 36.9. The van der Waals surface area contributed by atoms with Crippen LogP contribution in [0.1, 0.15) is 5.56 Å². The van der Waals surface area contributed by atoms with Gasteiger partial charge in [-0.1, -0.05) is 12.1 Å². The number of ether oxygens (including phenoxy) is 1. The standard InChI is InChI=1S/C21H20N2O6S/c1-28-13-12-22-30(26,27)17-9-7-16(8-10-17)23-20(24)11-6-15-14-29-19-5-3-2-4-18(19)21(15)25/h2-11,14,22H,12-13H2,1H3,(H,23,24)/b11-6+. The fourth-order valence-corrected chi connectivity index (χ4v) is 3.65. The summed E-state index contributed by atoms with van der Waals surface area (Å²) >= 11 is 0. The molecule has 1 aromatic heterocycles. The van der Waals surface area contributed by atoms with Crippen LogP contribution in [-0.2, 0) is 19.6 Å². The minimum absolute atomic E-state index is 0.0703. The van der Waals surface area contributed by atoms with Gasteiger partial charge in [0, 0.05) is 25.4 Å². The summed E-state index contributed by atoms with van der Waals surface area (Å²) in [4.78, 5) is 24.6. The largest absolute Gasteiger partial charge is 0.463 e. The van der Waals surface area contributed by atoms with Gasteiger partial charge in [0.15, 0.2) is 5.43 Å². The fraction of sp³-hybridized carbons (Fsp3) is 0.143. The van der Waals surface area contributed by atoms with Crippen LogP contribution in [0.2, 0.25) is 0 Å². The third-order valence-corrected chi connectivity index (χ3v) is 5.63. The Morgan fingerprint density at radius 3 is 2.60 bits per heavy atom. The van der Waals surface area contributed by atoms with Crippen LogP contribution < -0.4 is 15.5 Å². The number of hydrogen-bond acceptors (Lipinski definition) is 6. The smallest absolute Gasteiger partial charge is 0.248 e. The van der Waals surface area contributed by atoms with Crippen molar-refractivity contribution in [2.45, 2.75) is 4.90 Å². The number of para-hydroxylation sites is 1. The van der Waals surface area contributed by atoms with E-state index in [1.807, 2.05) is 0 Å². The van der Waals surface area contributed by atoms with Crippen molar-refractivity contribution in [3.63, 3.8) is 0 Å². The number of methoxy groups -OCH3 is 1. The summed E-state index contributed by atoms with van der Waals surface area (Å²) in [6, 6.07) is 12.5. The van der Waals surface area contributed by atoms with Crippen molar-refractivity contribution >= 4 is 38.7 Å². The van der Waals surface area contributed by atoms with Gasteiger partial charge >= 0.3 is 0 Å². The van der Waals surface area contributed by atoms with Gasteiger partial charge in [-0.15, -0.1) is 0 Å². The van der Waals surface area contributed by atoms with Crippen molar-refractivity contribution in [3.05, 3.63) is 76.7 Å². The molecule has 9 heteroatoms. The molecule has 0 bridgehead atoms. The van der Waals surface area contributed by atoms with Gasteiger partial charge in [0.05, 0.1) is 22.5 Å². The molecular weight excluding hydrogens is 408 g/mol. The average Bonchev–Trinajstić information content (AvgIpc) is 2.74. The fourth-order valence-electron chi connectivity index (χ4n) is 2.64. The van der Waals surface area contributed by atoms with Crippen LogP contribution in [0.15, 0.2) is 75.0 Å². The zero-order chi connectivity index (χ0) is 21.6. The summed E-state index contributed by atoms with van der Waals surface area (Å²) in [5, 5.41) is 3.03. The summed E-state index contributed by atoms with van der Waals surface area (Å²) in [6.07, 6.45) is 3.87. The highest BCUT2D eigenvalue weighted by molar-refractivity contribution is 7.89. The number of rotatable bonds is 8. The minimum Gasteiger partial charge on any atom is -0.463 e. The van der Waals surface area contributed by atoms with Gasteiger partial charge in [0.1, 0.15) is 11.8 Å². The molecule has 0 saturated heterocycles. The van der Waals surface area contributed by atoms with Gasteiger partial charge in [-0.25, -0.2) is 13.1 Å².